The lowest BCUT2D eigenvalue weighted by Crippen LogP contribution is -2.74. The van der Waals surface area contributed by atoms with Crippen LogP contribution in [0.4, 0.5) is 0 Å². The molecule has 3 amide bonds. The first-order valence-corrected chi connectivity index (χ1v) is 19.2. The van der Waals surface area contributed by atoms with E-state index in [1.54, 1.807) is 35.0 Å². The summed E-state index contributed by atoms with van der Waals surface area (Å²) in [5, 5.41) is 23.9. The number of carbonyl (C=O) groups excluding carboxylic acids is 3. The SMILES string of the molecule is CC1(C)[C@H](NC(=O)c2ccc(-n3cc(CCCCCOc4ccc5c(c4)CN(C4CCC(=O)NC4=O)C5)nn3)cc2)C(C)(C)[C@H]1Oc1ccc(C#N)c(Cl)c1. The Kier molecular flexibility index (Phi) is 10.7. The summed E-state index contributed by atoms with van der Waals surface area (Å²) < 4.78 is 14.1. The van der Waals surface area contributed by atoms with Gasteiger partial charge in [0.2, 0.25) is 11.8 Å². The molecule has 0 bridgehead atoms. The lowest BCUT2D eigenvalue weighted by atomic mass is 9.49. The number of nitrogens with one attached hydrogen (secondary N) is 2. The maximum absolute atomic E-state index is 13.4. The number of unbranched alkanes of at least 4 members (excludes halogenated alkanes) is 2. The molecule has 4 aromatic rings. The van der Waals surface area contributed by atoms with Gasteiger partial charge in [-0.15, -0.1) is 5.10 Å². The molecular formula is C42H46ClN7O5. The van der Waals surface area contributed by atoms with Crippen molar-refractivity contribution in [1.29, 1.82) is 5.26 Å². The molecule has 3 aromatic carbocycles. The van der Waals surface area contributed by atoms with E-state index < -0.39 is 0 Å². The smallest absolute Gasteiger partial charge is 0.251 e. The molecule has 1 aliphatic carbocycles. The molecule has 3 aliphatic rings. The van der Waals surface area contributed by atoms with Crippen molar-refractivity contribution >= 4 is 29.3 Å². The summed E-state index contributed by atoms with van der Waals surface area (Å²) in [6, 6.07) is 20.2. The summed E-state index contributed by atoms with van der Waals surface area (Å²) in [6.45, 7) is 10.3. The van der Waals surface area contributed by atoms with Gasteiger partial charge in [-0.2, -0.15) is 5.26 Å². The lowest BCUT2D eigenvalue weighted by molar-refractivity contribution is -0.164. The third-order valence-electron chi connectivity index (χ3n) is 11.3. The summed E-state index contributed by atoms with van der Waals surface area (Å²) in [7, 11) is 0. The minimum Gasteiger partial charge on any atom is -0.494 e. The maximum Gasteiger partial charge on any atom is 0.251 e. The topological polar surface area (TPSA) is 151 Å². The van der Waals surface area contributed by atoms with Gasteiger partial charge in [-0.25, -0.2) is 4.68 Å². The van der Waals surface area contributed by atoms with Gasteiger partial charge in [0.1, 0.15) is 23.7 Å². The number of carbonyl (C=O) groups is 3. The highest BCUT2D eigenvalue weighted by Crippen LogP contribution is 2.55. The van der Waals surface area contributed by atoms with E-state index in [0.717, 1.165) is 42.8 Å². The Morgan fingerprint density at radius 3 is 2.45 bits per heavy atom. The second kappa shape index (κ2) is 15.5. The normalized spacial score (nSPS) is 21.2. The number of fused-ring (bicyclic) bond motifs is 1. The van der Waals surface area contributed by atoms with Crippen LogP contribution in [0.1, 0.15) is 92.5 Å². The van der Waals surface area contributed by atoms with Gasteiger partial charge in [0, 0.05) is 48.0 Å². The van der Waals surface area contributed by atoms with Gasteiger partial charge in [-0.05, 0) is 91.8 Å². The first-order chi connectivity index (χ1) is 26.3. The van der Waals surface area contributed by atoms with Crippen LogP contribution in [0.5, 0.6) is 11.5 Å². The van der Waals surface area contributed by atoms with E-state index in [0.29, 0.717) is 54.4 Å². The highest BCUT2D eigenvalue weighted by molar-refractivity contribution is 6.31. The number of halogens is 1. The van der Waals surface area contributed by atoms with Gasteiger partial charge >= 0.3 is 0 Å². The van der Waals surface area contributed by atoms with E-state index in [1.807, 2.05) is 24.4 Å². The molecule has 12 nitrogen and oxygen atoms in total. The summed E-state index contributed by atoms with van der Waals surface area (Å²) in [6.07, 6.45) is 6.31. The Morgan fingerprint density at radius 1 is 0.982 bits per heavy atom. The van der Waals surface area contributed by atoms with Gasteiger partial charge < -0.3 is 14.8 Å². The van der Waals surface area contributed by atoms with Crippen LogP contribution in [0.2, 0.25) is 5.02 Å². The van der Waals surface area contributed by atoms with Gasteiger partial charge in [0.05, 0.1) is 40.8 Å². The summed E-state index contributed by atoms with van der Waals surface area (Å²) in [5.74, 6) is 0.867. The number of aryl methyl sites for hydroxylation is 1. The van der Waals surface area contributed by atoms with Gasteiger partial charge in [0.25, 0.3) is 5.91 Å². The van der Waals surface area contributed by atoms with Crippen molar-refractivity contribution in [3.8, 4) is 23.3 Å². The second-order valence-corrected chi connectivity index (χ2v) is 16.4. The standard InChI is InChI=1S/C42H46ClN7O5/c1-41(2)39(42(3,4)40(41)55-33-16-11-27(22-44)34(43)21-33)46-37(52)26-9-13-31(14-10-26)50-25-30(47-48-50)8-6-5-7-19-54-32-15-12-28-23-49(24-29(28)20-32)35-17-18-36(51)45-38(35)53/h9-16,20-21,25,35,39-40H,5-8,17-19,23-24H2,1-4H3,(H,46,52)(H,45,51,53)/t35?,39-,40-. The highest BCUT2D eigenvalue weighted by atomic mass is 35.5. The Morgan fingerprint density at radius 2 is 1.73 bits per heavy atom. The Balaban J connectivity index is 0.837. The van der Waals surface area contributed by atoms with E-state index in [1.165, 1.54) is 11.1 Å². The van der Waals surface area contributed by atoms with E-state index in [2.05, 4.69) is 71.7 Å². The minimum absolute atomic E-state index is 0.144. The lowest BCUT2D eigenvalue weighted by Gasteiger charge is -2.63. The number of hydrogen-bond acceptors (Lipinski definition) is 9. The molecule has 1 atom stereocenters. The number of rotatable bonds is 13. The van der Waals surface area contributed by atoms with E-state index in [-0.39, 0.29) is 46.7 Å². The average molecular weight is 764 g/mol. The van der Waals surface area contributed by atoms with E-state index in [9.17, 15) is 19.6 Å². The highest BCUT2D eigenvalue weighted by Gasteiger charge is 2.64. The summed E-state index contributed by atoms with van der Waals surface area (Å²) >= 11 is 6.23. The van der Waals surface area contributed by atoms with Crippen LogP contribution in [0.3, 0.4) is 0 Å². The monoisotopic (exact) mass is 763 g/mol. The van der Waals surface area contributed by atoms with Crippen molar-refractivity contribution in [2.45, 2.75) is 97.5 Å². The van der Waals surface area contributed by atoms with E-state index in [4.69, 9.17) is 21.1 Å². The number of ether oxygens (including phenoxy) is 2. The minimum atomic E-state index is -0.364. The quantitative estimate of drug-likeness (QED) is 0.118. The number of aromatic nitrogens is 3. The fourth-order valence-corrected chi connectivity index (χ4v) is 8.84. The number of imide groups is 1. The fourth-order valence-electron chi connectivity index (χ4n) is 8.63. The molecule has 1 aromatic heterocycles. The molecule has 0 spiro atoms. The van der Waals surface area contributed by atoms with Crippen molar-refractivity contribution in [2.24, 2.45) is 10.8 Å². The molecule has 7 rings (SSSR count). The number of hydrogen-bond donors (Lipinski definition) is 2. The van der Waals surface area contributed by atoms with Crippen molar-refractivity contribution < 1.29 is 23.9 Å². The second-order valence-electron chi connectivity index (χ2n) is 16.0. The Bertz CT molecular complexity index is 2120. The van der Waals surface area contributed by atoms with Crippen LogP contribution in [0.15, 0.2) is 66.9 Å². The van der Waals surface area contributed by atoms with Crippen LogP contribution in [-0.2, 0) is 29.1 Å². The van der Waals surface area contributed by atoms with Crippen molar-refractivity contribution in [3.63, 3.8) is 0 Å². The van der Waals surface area contributed by atoms with Gasteiger partial charge in [-0.1, -0.05) is 50.6 Å². The summed E-state index contributed by atoms with van der Waals surface area (Å²) in [5.41, 5.74) is 4.29. The average Bonchev–Trinajstić information content (AvgIpc) is 3.81. The third kappa shape index (κ3) is 7.95. The molecule has 2 fully saturated rings. The zero-order chi connectivity index (χ0) is 38.9. The summed E-state index contributed by atoms with van der Waals surface area (Å²) in [4.78, 5) is 39.4. The first kappa shape index (κ1) is 38.0. The zero-order valence-electron chi connectivity index (χ0n) is 31.6. The van der Waals surface area contributed by atoms with Gasteiger partial charge in [0.15, 0.2) is 0 Å². The molecule has 1 saturated carbocycles. The van der Waals surface area contributed by atoms with Crippen molar-refractivity contribution in [3.05, 3.63) is 99.8 Å². The molecule has 3 heterocycles. The molecule has 13 heteroatoms. The van der Waals surface area contributed by atoms with E-state index >= 15 is 0 Å². The van der Waals surface area contributed by atoms with Crippen LogP contribution >= 0.6 is 11.6 Å². The third-order valence-corrected chi connectivity index (χ3v) is 11.6. The number of nitrogens with zero attached hydrogens (tertiary/aromatic N) is 5. The molecule has 1 unspecified atom stereocenters. The van der Waals surface area contributed by atoms with Crippen LogP contribution in [0.25, 0.3) is 5.69 Å². The zero-order valence-corrected chi connectivity index (χ0v) is 32.4. The molecule has 2 aliphatic heterocycles. The predicted octanol–water partition coefficient (Wildman–Crippen LogP) is 6.32. The molecule has 55 heavy (non-hydrogen) atoms. The number of piperidine rings is 1. The fraction of sp³-hybridized carbons (Fsp3) is 0.429. The van der Waals surface area contributed by atoms with Gasteiger partial charge in [-0.3, -0.25) is 24.6 Å². The maximum atomic E-state index is 13.4. The number of amides is 3. The van der Waals surface area contributed by atoms with Crippen LogP contribution in [-0.4, -0.2) is 62.4 Å². The molecule has 0 radical (unpaired) electrons. The van der Waals surface area contributed by atoms with Crippen LogP contribution in [0, 0.1) is 22.2 Å². The molecule has 1 saturated heterocycles. The largest absolute Gasteiger partial charge is 0.494 e. The van der Waals surface area contributed by atoms with Crippen LogP contribution < -0.4 is 20.1 Å². The Labute approximate surface area is 326 Å². The molecule has 2 N–H and O–H groups in total. The molecular weight excluding hydrogens is 718 g/mol. The first-order valence-electron chi connectivity index (χ1n) is 18.8. The van der Waals surface area contributed by atoms with Crippen molar-refractivity contribution in [1.82, 2.24) is 30.5 Å². The predicted molar refractivity (Wildman–Crippen MR) is 206 cm³/mol. The Hall–Kier alpha value is -5.25. The number of benzene rings is 3. The number of nitriles is 1. The molecule has 286 valence electrons. The van der Waals surface area contributed by atoms with Crippen molar-refractivity contribution in [2.75, 3.05) is 6.61 Å².